The van der Waals surface area contributed by atoms with Gasteiger partial charge in [0, 0.05) is 48.0 Å². The first-order chi connectivity index (χ1) is 18.3. The molecule has 1 aliphatic carbocycles. The summed E-state index contributed by atoms with van der Waals surface area (Å²) in [5.74, 6) is 0.717. The van der Waals surface area contributed by atoms with Crippen molar-refractivity contribution in [3.63, 3.8) is 0 Å². The van der Waals surface area contributed by atoms with Crippen LogP contribution < -0.4 is 14.8 Å². The van der Waals surface area contributed by atoms with Gasteiger partial charge in [-0.25, -0.2) is 0 Å². The van der Waals surface area contributed by atoms with E-state index in [0.717, 1.165) is 28.9 Å². The molecule has 1 saturated heterocycles. The Morgan fingerprint density at radius 2 is 1.82 bits per heavy atom. The fraction of sp³-hybridized carbons (Fsp3) is 0.419. The van der Waals surface area contributed by atoms with Gasteiger partial charge in [0.15, 0.2) is 17.3 Å². The van der Waals surface area contributed by atoms with Crippen LogP contribution in [0.25, 0.3) is 0 Å². The maximum Gasteiger partial charge on any atom is 0.252 e. The van der Waals surface area contributed by atoms with E-state index in [1.165, 1.54) is 0 Å². The van der Waals surface area contributed by atoms with Crippen molar-refractivity contribution in [3.05, 3.63) is 82.2 Å². The molecule has 5 rings (SSSR count). The van der Waals surface area contributed by atoms with Crippen molar-refractivity contribution in [1.29, 1.82) is 0 Å². The Labute approximate surface area is 224 Å². The summed E-state index contributed by atoms with van der Waals surface area (Å²) in [6.07, 6.45) is 1.19. The highest BCUT2D eigenvalue weighted by Crippen LogP contribution is 2.48. The van der Waals surface area contributed by atoms with Crippen LogP contribution in [-0.4, -0.2) is 50.0 Å². The topological polar surface area (TPSA) is 77.1 Å². The zero-order valence-electron chi connectivity index (χ0n) is 22.6. The lowest BCUT2D eigenvalue weighted by Crippen LogP contribution is -2.45. The number of allylic oxidation sites excluding steroid dienone is 3. The summed E-state index contributed by atoms with van der Waals surface area (Å²) in [5, 5.41) is 3.46. The van der Waals surface area contributed by atoms with E-state index in [0.29, 0.717) is 62.0 Å². The summed E-state index contributed by atoms with van der Waals surface area (Å²) in [7, 11) is 1.61. The minimum atomic E-state index is -0.484. The molecule has 0 radical (unpaired) electrons. The average Bonchev–Trinajstić information content (AvgIpc) is 2.91. The predicted octanol–water partition coefficient (Wildman–Crippen LogP) is 4.74. The lowest BCUT2D eigenvalue weighted by molar-refractivity contribution is -0.131. The second-order valence-corrected chi connectivity index (χ2v) is 11.0. The first kappa shape index (κ1) is 26.0. The minimum absolute atomic E-state index is 0.0594. The Morgan fingerprint density at radius 1 is 1.08 bits per heavy atom. The van der Waals surface area contributed by atoms with Crippen LogP contribution in [0.3, 0.4) is 0 Å². The number of benzene rings is 2. The van der Waals surface area contributed by atoms with E-state index in [1.54, 1.807) is 7.11 Å². The highest BCUT2D eigenvalue weighted by atomic mass is 16.5. The lowest BCUT2D eigenvalue weighted by Gasteiger charge is -2.41. The van der Waals surface area contributed by atoms with Gasteiger partial charge in [-0.3, -0.25) is 9.59 Å². The highest BCUT2D eigenvalue weighted by molar-refractivity contribution is 6.05. The van der Waals surface area contributed by atoms with Crippen molar-refractivity contribution in [2.75, 3.05) is 33.4 Å². The van der Waals surface area contributed by atoms with Gasteiger partial charge >= 0.3 is 0 Å². The number of methoxy groups -OCH3 is 1. The monoisotopic (exact) mass is 516 g/mol. The fourth-order valence-corrected chi connectivity index (χ4v) is 5.71. The molecule has 7 nitrogen and oxygen atoms in total. The molecule has 0 aromatic heterocycles. The number of Topliss-reactive ketones (excluding diaryl/α,β-unsaturated/α-hetero) is 1. The highest BCUT2D eigenvalue weighted by Gasteiger charge is 2.43. The molecule has 1 fully saturated rings. The zero-order valence-corrected chi connectivity index (χ0v) is 22.6. The molecule has 0 spiro atoms. The van der Waals surface area contributed by atoms with Gasteiger partial charge < -0.3 is 24.4 Å². The third-order valence-corrected chi connectivity index (χ3v) is 7.53. The molecule has 0 bridgehead atoms. The standard InChI is InChI=1S/C31H36N2O5/c1-20-27(30(35)33-12-14-37-15-13-33)28(29-23(32-20)17-31(2,3)18-24(29)34)22-10-11-25(26(16-22)36-4)38-19-21-8-6-5-7-9-21/h5-11,16,28,32H,12-15,17-19H2,1-4H3. The van der Waals surface area contributed by atoms with Gasteiger partial charge in [-0.15, -0.1) is 0 Å². The number of nitrogens with zero attached hydrogens (tertiary/aromatic N) is 1. The molecule has 0 saturated carbocycles. The van der Waals surface area contributed by atoms with E-state index >= 15 is 0 Å². The molecule has 7 heteroatoms. The van der Waals surface area contributed by atoms with Crippen LogP contribution in [0.1, 0.15) is 50.7 Å². The van der Waals surface area contributed by atoms with E-state index in [4.69, 9.17) is 14.2 Å². The van der Waals surface area contributed by atoms with Gasteiger partial charge in [-0.1, -0.05) is 50.2 Å². The van der Waals surface area contributed by atoms with Crippen LogP contribution in [0.15, 0.2) is 71.1 Å². The van der Waals surface area contributed by atoms with Crippen LogP contribution in [-0.2, 0) is 20.9 Å². The summed E-state index contributed by atoms with van der Waals surface area (Å²) < 4.78 is 17.3. The Balaban J connectivity index is 1.55. The number of hydrogen-bond acceptors (Lipinski definition) is 6. The number of ether oxygens (including phenoxy) is 3. The van der Waals surface area contributed by atoms with Gasteiger partial charge in [0.05, 0.1) is 20.3 Å². The molecule has 2 aliphatic heterocycles. The van der Waals surface area contributed by atoms with Gasteiger partial charge in [0.25, 0.3) is 5.91 Å². The summed E-state index contributed by atoms with van der Waals surface area (Å²) in [4.78, 5) is 29.4. The van der Waals surface area contributed by atoms with Crippen LogP contribution in [0.5, 0.6) is 11.5 Å². The molecule has 2 aromatic carbocycles. The normalized spacial score (nSPS) is 21.1. The summed E-state index contributed by atoms with van der Waals surface area (Å²) in [6.45, 7) is 8.66. The lowest BCUT2D eigenvalue weighted by atomic mass is 9.68. The van der Waals surface area contributed by atoms with Crippen LogP contribution in [0.4, 0.5) is 0 Å². The number of dihydropyridines is 1. The van der Waals surface area contributed by atoms with E-state index in [-0.39, 0.29) is 17.1 Å². The third-order valence-electron chi connectivity index (χ3n) is 7.53. The number of ketones is 1. The maximum atomic E-state index is 13.9. The van der Waals surface area contributed by atoms with E-state index < -0.39 is 5.92 Å². The summed E-state index contributed by atoms with van der Waals surface area (Å²) >= 11 is 0. The summed E-state index contributed by atoms with van der Waals surface area (Å²) in [5.41, 5.74) is 4.75. The maximum absolute atomic E-state index is 13.9. The van der Waals surface area contributed by atoms with Crippen LogP contribution in [0.2, 0.25) is 0 Å². The molecule has 3 aliphatic rings. The van der Waals surface area contributed by atoms with E-state index in [2.05, 4.69) is 19.2 Å². The molecule has 38 heavy (non-hydrogen) atoms. The number of hydrogen-bond donors (Lipinski definition) is 1. The van der Waals surface area contributed by atoms with E-state index in [1.807, 2.05) is 60.4 Å². The molecule has 2 aromatic rings. The molecule has 1 unspecified atom stereocenters. The predicted molar refractivity (Wildman–Crippen MR) is 145 cm³/mol. The van der Waals surface area contributed by atoms with Crippen molar-refractivity contribution in [3.8, 4) is 11.5 Å². The number of carbonyl (C=O) groups is 2. The van der Waals surface area contributed by atoms with Crippen molar-refractivity contribution >= 4 is 11.7 Å². The minimum Gasteiger partial charge on any atom is -0.493 e. The summed E-state index contributed by atoms with van der Waals surface area (Å²) in [6, 6.07) is 15.7. The largest absolute Gasteiger partial charge is 0.493 e. The zero-order chi connectivity index (χ0) is 26.9. The molecule has 1 N–H and O–H groups in total. The smallest absolute Gasteiger partial charge is 0.252 e. The molecule has 1 amide bonds. The molecule has 200 valence electrons. The SMILES string of the molecule is COc1cc(C2C(C(=O)N3CCOCC3)=C(C)NC3=C2C(=O)CC(C)(C)C3)ccc1OCc1ccccc1. The molecule has 1 atom stereocenters. The van der Waals surface area contributed by atoms with Gasteiger partial charge in [0.2, 0.25) is 0 Å². The number of carbonyl (C=O) groups excluding carboxylic acids is 2. The van der Waals surface area contributed by atoms with Crippen LogP contribution in [0, 0.1) is 5.41 Å². The number of amides is 1. The number of morpholine rings is 1. The second kappa shape index (κ2) is 10.7. The average molecular weight is 517 g/mol. The van der Waals surface area contributed by atoms with Crippen molar-refractivity contribution in [2.24, 2.45) is 5.41 Å². The van der Waals surface area contributed by atoms with Crippen molar-refractivity contribution in [2.45, 2.75) is 46.1 Å². The molecular formula is C31H36N2O5. The Kier molecular flexibility index (Phi) is 7.30. The Bertz CT molecular complexity index is 1290. The number of nitrogens with one attached hydrogen (secondary N) is 1. The van der Waals surface area contributed by atoms with Gasteiger partial charge in [-0.05, 0) is 42.0 Å². The second-order valence-electron chi connectivity index (χ2n) is 11.0. The molecular weight excluding hydrogens is 480 g/mol. The first-order valence-electron chi connectivity index (χ1n) is 13.2. The Hall–Kier alpha value is -3.58. The third kappa shape index (κ3) is 5.20. The quantitative estimate of drug-likeness (QED) is 0.598. The van der Waals surface area contributed by atoms with Gasteiger partial charge in [-0.2, -0.15) is 0 Å². The first-order valence-corrected chi connectivity index (χ1v) is 13.2. The fourth-order valence-electron chi connectivity index (χ4n) is 5.71. The van der Waals surface area contributed by atoms with E-state index in [9.17, 15) is 9.59 Å². The van der Waals surface area contributed by atoms with Crippen molar-refractivity contribution < 1.29 is 23.8 Å². The van der Waals surface area contributed by atoms with Crippen molar-refractivity contribution in [1.82, 2.24) is 10.2 Å². The van der Waals surface area contributed by atoms with Crippen LogP contribution >= 0.6 is 0 Å². The van der Waals surface area contributed by atoms with Gasteiger partial charge in [0.1, 0.15) is 6.61 Å². The number of rotatable bonds is 6. The molecule has 2 heterocycles. The Morgan fingerprint density at radius 3 is 2.53 bits per heavy atom.